The Bertz CT molecular complexity index is 904. The molecule has 23 heavy (non-hydrogen) atoms. The summed E-state index contributed by atoms with van der Waals surface area (Å²) in [6.07, 6.45) is 1.31. The van der Waals surface area contributed by atoms with Crippen molar-refractivity contribution in [1.29, 1.82) is 0 Å². The molecular formula is C15H10ClFN4O2. The Hall–Kier alpha value is -2.80. The number of nitro groups is 1. The van der Waals surface area contributed by atoms with Crippen molar-refractivity contribution in [2.45, 2.75) is 6.54 Å². The quantitative estimate of drug-likeness (QED) is 0.578. The Kier molecular flexibility index (Phi) is 4.03. The predicted octanol–water partition coefficient (Wildman–Crippen LogP) is 3.94. The zero-order chi connectivity index (χ0) is 16.4. The average molecular weight is 333 g/mol. The van der Waals surface area contributed by atoms with Gasteiger partial charge in [-0.15, -0.1) is 0 Å². The molecule has 8 heteroatoms. The molecule has 0 saturated carbocycles. The highest BCUT2D eigenvalue weighted by atomic mass is 35.5. The first kappa shape index (κ1) is 15.1. The fraction of sp³-hybridized carbons (Fsp3) is 0.0667. The molecule has 0 aliphatic heterocycles. The predicted molar refractivity (Wildman–Crippen MR) is 84.9 cm³/mol. The van der Waals surface area contributed by atoms with Gasteiger partial charge in [0, 0.05) is 23.6 Å². The van der Waals surface area contributed by atoms with Gasteiger partial charge in [-0.1, -0.05) is 29.8 Å². The molecule has 0 radical (unpaired) electrons. The topological polar surface area (TPSA) is 81.0 Å². The molecule has 0 aliphatic carbocycles. The lowest BCUT2D eigenvalue weighted by Crippen LogP contribution is -2.04. The van der Waals surface area contributed by atoms with Gasteiger partial charge in [0.05, 0.1) is 10.4 Å². The van der Waals surface area contributed by atoms with E-state index >= 15 is 0 Å². The molecule has 1 N–H and O–H groups in total. The van der Waals surface area contributed by atoms with E-state index in [1.54, 1.807) is 18.2 Å². The van der Waals surface area contributed by atoms with E-state index in [0.717, 1.165) is 0 Å². The molecule has 0 saturated heterocycles. The van der Waals surface area contributed by atoms with Crippen LogP contribution in [0.4, 0.5) is 15.9 Å². The van der Waals surface area contributed by atoms with Crippen LogP contribution in [0.2, 0.25) is 5.02 Å². The van der Waals surface area contributed by atoms with Gasteiger partial charge in [-0.25, -0.2) is 14.4 Å². The maximum Gasteiger partial charge on any atom is 0.288 e. The van der Waals surface area contributed by atoms with Crippen molar-refractivity contribution >= 4 is 34.0 Å². The maximum absolute atomic E-state index is 13.6. The summed E-state index contributed by atoms with van der Waals surface area (Å²) in [7, 11) is 0. The van der Waals surface area contributed by atoms with Gasteiger partial charge in [0.2, 0.25) is 0 Å². The van der Waals surface area contributed by atoms with Crippen molar-refractivity contribution in [2.24, 2.45) is 0 Å². The average Bonchev–Trinajstić information content (AvgIpc) is 2.53. The van der Waals surface area contributed by atoms with E-state index in [0.29, 0.717) is 22.3 Å². The Balaban J connectivity index is 1.99. The molecule has 0 aliphatic rings. The number of fused-ring (bicyclic) bond motifs is 1. The van der Waals surface area contributed by atoms with E-state index in [4.69, 9.17) is 11.6 Å². The summed E-state index contributed by atoms with van der Waals surface area (Å²) in [6.45, 7) is 0.190. The SMILES string of the molecule is O=[N+]([O-])c1cc2c(NCc3ccccc3F)ncnc2cc1Cl. The fourth-order valence-corrected chi connectivity index (χ4v) is 2.39. The Morgan fingerprint density at radius 3 is 2.78 bits per heavy atom. The van der Waals surface area contributed by atoms with Gasteiger partial charge in [-0.2, -0.15) is 0 Å². The molecule has 0 spiro atoms. The molecule has 0 atom stereocenters. The molecular weight excluding hydrogens is 323 g/mol. The van der Waals surface area contributed by atoms with Crippen LogP contribution in [-0.4, -0.2) is 14.9 Å². The number of rotatable bonds is 4. The van der Waals surface area contributed by atoms with Crippen molar-refractivity contribution in [1.82, 2.24) is 9.97 Å². The second kappa shape index (κ2) is 6.13. The molecule has 3 rings (SSSR count). The van der Waals surface area contributed by atoms with E-state index in [-0.39, 0.29) is 23.1 Å². The molecule has 1 aromatic heterocycles. The van der Waals surface area contributed by atoms with Gasteiger partial charge in [0.25, 0.3) is 5.69 Å². The summed E-state index contributed by atoms with van der Waals surface area (Å²) in [4.78, 5) is 18.6. The molecule has 1 heterocycles. The molecule has 0 amide bonds. The Labute approximate surface area is 135 Å². The number of benzene rings is 2. The van der Waals surface area contributed by atoms with Crippen LogP contribution in [0.3, 0.4) is 0 Å². The number of nitrogens with zero attached hydrogens (tertiary/aromatic N) is 3. The number of aromatic nitrogens is 2. The number of hydrogen-bond acceptors (Lipinski definition) is 5. The van der Waals surface area contributed by atoms with E-state index in [1.165, 1.54) is 24.5 Å². The van der Waals surface area contributed by atoms with Crippen LogP contribution in [0.1, 0.15) is 5.56 Å². The monoisotopic (exact) mass is 332 g/mol. The summed E-state index contributed by atoms with van der Waals surface area (Å²) in [5.74, 6) is 0.0328. The zero-order valence-electron chi connectivity index (χ0n) is 11.7. The van der Waals surface area contributed by atoms with Crippen LogP contribution in [0.5, 0.6) is 0 Å². The first-order valence-corrected chi connectivity index (χ1v) is 7.00. The third kappa shape index (κ3) is 3.04. The zero-order valence-corrected chi connectivity index (χ0v) is 12.4. The van der Waals surface area contributed by atoms with Crippen molar-refractivity contribution in [3.63, 3.8) is 0 Å². The van der Waals surface area contributed by atoms with Crippen LogP contribution in [0, 0.1) is 15.9 Å². The molecule has 3 aromatic rings. The van der Waals surface area contributed by atoms with Gasteiger partial charge in [0.1, 0.15) is 23.0 Å². The van der Waals surface area contributed by atoms with Crippen molar-refractivity contribution in [3.05, 3.63) is 69.2 Å². The lowest BCUT2D eigenvalue weighted by atomic mass is 10.2. The van der Waals surface area contributed by atoms with Crippen LogP contribution in [0.25, 0.3) is 10.9 Å². The first-order chi connectivity index (χ1) is 11.1. The summed E-state index contributed by atoms with van der Waals surface area (Å²) in [5, 5.41) is 14.4. The van der Waals surface area contributed by atoms with Crippen LogP contribution >= 0.6 is 11.6 Å². The summed E-state index contributed by atoms with van der Waals surface area (Å²) in [6, 6.07) is 9.05. The Morgan fingerprint density at radius 2 is 2.04 bits per heavy atom. The normalized spacial score (nSPS) is 10.7. The number of nitrogens with one attached hydrogen (secondary N) is 1. The molecule has 2 aromatic carbocycles. The third-order valence-corrected chi connectivity index (χ3v) is 3.61. The van der Waals surface area contributed by atoms with E-state index < -0.39 is 4.92 Å². The lowest BCUT2D eigenvalue weighted by molar-refractivity contribution is -0.384. The minimum atomic E-state index is -0.574. The van der Waals surface area contributed by atoms with Gasteiger partial charge in [-0.05, 0) is 12.1 Å². The summed E-state index contributed by atoms with van der Waals surface area (Å²) < 4.78 is 13.6. The van der Waals surface area contributed by atoms with Crippen molar-refractivity contribution in [3.8, 4) is 0 Å². The van der Waals surface area contributed by atoms with Crippen LogP contribution in [-0.2, 0) is 6.54 Å². The van der Waals surface area contributed by atoms with Crippen LogP contribution < -0.4 is 5.32 Å². The molecule has 0 bridgehead atoms. The molecule has 6 nitrogen and oxygen atoms in total. The Morgan fingerprint density at radius 1 is 1.26 bits per heavy atom. The van der Waals surface area contributed by atoms with Crippen molar-refractivity contribution < 1.29 is 9.31 Å². The summed E-state index contributed by atoms with van der Waals surface area (Å²) >= 11 is 5.87. The standard InChI is InChI=1S/C15H10ClFN4O2/c16-11-6-13-10(5-14(11)21(22)23)15(20-8-19-13)18-7-9-3-1-2-4-12(9)17/h1-6,8H,7H2,(H,18,19,20). The number of hydrogen-bond donors (Lipinski definition) is 1. The highest BCUT2D eigenvalue weighted by Gasteiger charge is 2.16. The molecule has 0 fully saturated rings. The second-order valence-electron chi connectivity index (χ2n) is 4.75. The van der Waals surface area contributed by atoms with Crippen molar-refractivity contribution in [2.75, 3.05) is 5.32 Å². The largest absolute Gasteiger partial charge is 0.365 e. The van der Waals surface area contributed by atoms with Crippen LogP contribution in [0.15, 0.2) is 42.7 Å². The highest BCUT2D eigenvalue weighted by Crippen LogP contribution is 2.31. The minimum absolute atomic E-state index is 0.00116. The van der Waals surface area contributed by atoms with Gasteiger partial charge in [0.15, 0.2) is 0 Å². The summed E-state index contributed by atoms with van der Waals surface area (Å²) in [5.41, 5.74) is 0.692. The van der Waals surface area contributed by atoms with E-state index in [1.807, 2.05) is 0 Å². The molecule has 0 unspecified atom stereocenters. The first-order valence-electron chi connectivity index (χ1n) is 6.62. The van der Waals surface area contributed by atoms with Gasteiger partial charge < -0.3 is 5.32 Å². The number of nitro benzene ring substituents is 1. The molecule has 116 valence electrons. The lowest BCUT2D eigenvalue weighted by Gasteiger charge is -2.09. The highest BCUT2D eigenvalue weighted by molar-refractivity contribution is 6.33. The van der Waals surface area contributed by atoms with Gasteiger partial charge in [-0.3, -0.25) is 10.1 Å². The number of halogens is 2. The maximum atomic E-state index is 13.6. The second-order valence-corrected chi connectivity index (χ2v) is 5.15. The minimum Gasteiger partial charge on any atom is -0.365 e. The fourth-order valence-electron chi connectivity index (χ4n) is 2.17. The van der Waals surface area contributed by atoms with E-state index in [2.05, 4.69) is 15.3 Å². The van der Waals surface area contributed by atoms with Gasteiger partial charge >= 0.3 is 0 Å². The number of anilines is 1. The smallest absolute Gasteiger partial charge is 0.288 e. The van der Waals surface area contributed by atoms with E-state index in [9.17, 15) is 14.5 Å². The third-order valence-electron chi connectivity index (χ3n) is 3.30.